The van der Waals surface area contributed by atoms with Crippen LogP contribution in [-0.2, 0) is 11.2 Å². The van der Waals surface area contributed by atoms with E-state index >= 15 is 0 Å². The molecule has 1 aliphatic heterocycles. The van der Waals surface area contributed by atoms with Gasteiger partial charge < -0.3 is 14.6 Å². The summed E-state index contributed by atoms with van der Waals surface area (Å²) < 4.78 is 5.63. The zero-order valence-electron chi connectivity index (χ0n) is 18.4. The molecule has 1 aliphatic rings. The molecule has 0 aliphatic carbocycles. The first-order valence-corrected chi connectivity index (χ1v) is 11.5. The molecule has 1 amide bonds. The summed E-state index contributed by atoms with van der Waals surface area (Å²) in [7, 11) is 0. The van der Waals surface area contributed by atoms with E-state index in [9.17, 15) is 4.79 Å². The quantitative estimate of drug-likeness (QED) is 0.568. The molecule has 1 N–H and O–H groups in total. The maximum atomic E-state index is 12.9. The minimum absolute atomic E-state index is 0.0112. The maximum Gasteiger partial charge on any atom is 0.223 e. The number of anilines is 2. The van der Waals surface area contributed by atoms with Crippen LogP contribution in [0.2, 0.25) is 0 Å². The molecule has 0 aromatic carbocycles. The topological polar surface area (TPSA) is 97.0 Å². The lowest BCUT2D eigenvalue weighted by Crippen LogP contribution is -2.31. The van der Waals surface area contributed by atoms with Crippen molar-refractivity contribution in [3.63, 3.8) is 0 Å². The van der Waals surface area contributed by atoms with Crippen molar-refractivity contribution in [2.45, 2.75) is 65.3 Å². The van der Waals surface area contributed by atoms with E-state index in [1.807, 2.05) is 43.9 Å². The van der Waals surface area contributed by atoms with Crippen molar-refractivity contribution >= 4 is 28.2 Å². The molecule has 31 heavy (non-hydrogen) atoms. The van der Waals surface area contributed by atoms with Gasteiger partial charge in [0.15, 0.2) is 5.13 Å². The Kier molecular flexibility index (Phi) is 6.31. The number of carbonyl (C=O) groups excluding carboxylic acids is 1. The summed E-state index contributed by atoms with van der Waals surface area (Å²) in [5, 5.41) is 12.2. The second-order valence-electron chi connectivity index (χ2n) is 8.17. The normalized spacial score (nSPS) is 16.3. The molecule has 0 radical (unpaired) electrons. The number of thiazole rings is 1. The van der Waals surface area contributed by atoms with E-state index in [2.05, 4.69) is 27.4 Å². The minimum atomic E-state index is -0.0112. The molecular formula is C22H28N6O2S. The predicted molar refractivity (Wildman–Crippen MR) is 120 cm³/mol. The van der Waals surface area contributed by atoms with Crippen LogP contribution in [0.4, 0.5) is 10.9 Å². The Morgan fingerprint density at radius 2 is 2.13 bits per heavy atom. The standard InChI is InChI=1S/C22H28N6O2S/c1-13(2)21-27-26-19(30-21)10-11-20(29)28-12-6-8-17(28)16-7-5-9-18(24-16)25-22-23-14(3)15(4)31-22/h5,7,9,13,17H,6,8,10-12H2,1-4H3,(H,23,24,25)/t17-/m1/s1. The van der Waals surface area contributed by atoms with Gasteiger partial charge in [0.25, 0.3) is 0 Å². The Bertz CT molecular complexity index is 1040. The Morgan fingerprint density at radius 1 is 1.29 bits per heavy atom. The van der Waals surface area contributed by atoms with Gasteiger partial charge in [-0.05, 0) is 38.8 Å². The highest BCUT2D eigenvalue weighted by molar-refractivity contribution is 7.15. The van der Waals surface area contributed by atoms with Gasteiger partial charge in [-0.25, -0.2) is 9.97 Å². The van der Waals surface area contributed by atoms with Crippen LogP contribution >= 0.6 is 11.3 Å². The molecule has 9 heteroatoms. The fourth-order valence-corrected chi connectivity index (χ4v) is 4.50. The van der Waals surface area contributed by atoms with Gasteiger partial charge in [0.1, 0.15) is 5.82 Å². The van der Waals surface area contributed by atoms with E-state index in [0.29, 0.717) is 24.6 Å². The molecule has 0 bridgehead atoms. The van der Waals surface area contributed by atoms with Crippen molar-refractivity contribution in [2.24, 2.45) is 0 Å². The smallest absolute Gasteiger partial charge is 0.223 e. The summed E-state index contributed by atoms with van der Waals surface area (Å²) in [6.07, 6.45) is 2.69. The third-order valence-corrected chi connectivity index (χ3v) is 6.47. The molecule has 0 spiro atoms. The number of aromatic nitrogens is 4. The fourth-order valence-electron chi connectivity index (χ4n) is 3.67. The highest BCUT2D eigenvalue weighted by Gasteiger charge is 2.31. The van der Waals surface area contributed by atoms with Crippen molar-refractivity contribution in [1.82, 2.24) is 25.1 Å². The second kappa shape index (κ2) is 9.13. The molecule has 1 saturated heterocycles. The number of rotatable bonds is 7. The molecule has 3 aromatic heterocycles. The number of hydrogen-bond donors (Lipinski definition) is 1. The van der Waals surface area contributed by atoms with Gasteiger partial charge >= 0.3 is 0 Å². The lowest BCUT2D eigenvalue weighted by Gasteiger charge is -2.24. The van der Waals surface area contributed by atoms with Gasteiger partial charge in [0.05, 0.1) is 17.4 Å². The van der Waals surface area contributed by atoms with Crippen LogP contribution in [0.25, 0.3) is 0 Å². The van der Waals surface area contributed by atoms with Gasteiger partial charge in [-0.1, -0.05) is 19.9 Å². The molecule has 4 heterocycles. The van der Waals surface area contributed by atoms with Crippen LogP contribution in [0.15, 0.2) is 22.6 Å². The molecule has 164 valence electrons. The number of pyridine rings is 1. The summed E-state index contributed by atoms with van der Waals surface area (Å²) in [6, 6.07) is 5.89. The monoisotopic (exact) mass is 440 g/mol. The molecule has 4 rings (SSSR count). The third-order valence-electron chi connectivity index (χ3n) is 5.48. The summed E-state index contributed by atoms with van der Waals surface area (Å²) in [5.74, 6) is 2.16. The largest absolute Gasteiger partial charge is 0.425 e. The number of hydrogen-bond acceptors (Lipinski definition) is 8. The van der Waals surface area contributed by atoms with Crippen LogP contribution in [-0.4, -0.2) is 37.5 Å². The van der Waals surface area contributed by atoms with E-state index in [1.165, 1.54) is 4.88 Å². The van der Waals surface area contributed by atoms with Gasteiger partial charge in [-0.2, -0.15) is 0 Å². The number of amides is 1. The lowest BCUT2D eigenvalue weighted by molar-refractivity contribution is -0.132. The molecule has 1 atom stereocenters. The Labute approximate surface area is 186 Å². The zero-order chi connectivity index (χ0) is 22.0. The summed E-state index contributed by atoms with van der Waals surface area (Å²) >= 11 is 1.61. The average Bonchev–Trinajstić information content (AvgIpc) is 3.47. The Morgan fingerprint density at radius 3 is 2.84 bits per heavy atom. The first kappa shape index (κ1) is 21.4. The van der Waals surface area contributed by atoms with Gasteiger partial charge in [-0.3, -0.25) is 4.79 Å². The van der Waals surface area contributed by atoms with E-state index in [1.54, 1.807) is 11.3 Å². The number of nitrogens with zero attached hydrogens (tertiary/aromatic N) is 5. The Hall–Kier alpha value is -2.81. The van der Waals surface area contributed by atoms with Crippen LogP contribution < -0.4 is 5.32 Å². The molecular weight excluding hydrogens is 412 g/mol. The first-order valence-electron chi connectivity index (χ1n) is 10.7. The van der Waals surface area contributed by atoms with Crippen molar-refractivity contribution in [3.05, 3.63) is 46.2 Å². The van der Waals surface area contributed by atoms with Crippen LogP contribution in [0.3, 0.4) is 0 Å². The first-order chi connectivity index (χ1) is 14.9. The van der Waals surface area contributed by atoms with Crippen molar-refractivity contribution in [1.29, 1.82) is 0 Å². The molecule has 8 nitrogen and oxygen atoms in total. The van der Waals surface area contributed by atoms with Crippen molar-refractivity contribution in [2.75, 3.05) is 11.9 Å². The molecule has 1 fully saturated rings. The van der Waals surface area contributed by atoms with Crippen LogP contribution in [0, 0.1) is 13.8 Å². The minimum Gasteiger partial charge on any atom is -0.425 e. The van der Waals surface area contributed by atoms with E-state index in [0.717, 1.165) is 41.7 Å². The zero-order valence-corrected chi connectivity index (χ0v) is 19.2. The fraction of sp³-hybridized carbons (Fsp3) is 0.500. The third kappa shape index (κ3) is 4.92. The van der Waals surface area contributed by atoms with Crippen LogP contribution in [0.1, 0.15) is 73.1 Å². The lowest BCUT2D eigenvalue weighted by atomic mass is 10.1. The number of aryl methyl sites for hydroxylation is 3. The van der Waals surface area contributed by atoms with E-state index < -0.39 is 0 Å². The number of likely N-dealkylation sites (tertiary alicyclic amines) is 1. The maximum absolute atomic E-state index is 12.9. The second-order valence-corrected chi connectivity index (χ2v) is 9.37. The molecule has 3 aromatic rings. The highest BCUT2D eigenvalue weighted by Crippen LogP contribution is 2.33. The van der Waals surface area contributed by atoms with Gasteiger partial charge in [0.2, 0.25) is 17.7 Å². The number of nitrogens with one attached hydrogen (secondary N) is 1. The predicted octanol–water partition coefficient (Wildman–Crippen LogP) is 4.70. The summed E-state index contributed by atoms with van der Waals surface area (Å²) in [6.45, 7) is 8.81. The van der Waals surface area contributed by atoms with Crippen molar-refractivity contribution < 1.29 is 9.21 Å². The summed E-state index contributed by atoms with van der Waals surface area (Å²) in [4.78, 5) is 25.4. The van der Waals surface area contributed by atoms with E-state index in [-0.39, 0.29) is 17.9 Å². The molecule has 0 saturated carbocycles. The van der Waals surface area contributed by atoms with Gasteiger partial charge in [0, 0.05) is 30.2 Å². The average molecular weight is 441 g/mol. The summed E-state index contributed by atoms with van der Waals surface area (Å²) in [5.41, 5.74) is 1.93. The van der Waals surface area contributed by atoms with Crippen LogP contribution in [0.5, 0.6) is 0 Å². The molecule has 0 unspecified atom stereocenters. The number of carbonyl (C=O) groups is 1. The Balaban J connectivity index is 1.42. The van der Waals surface area contributed by atoms with Gasteiger partial charge in [-0.15, -0.1) is 21.5 Å². The van der Waals surface area contributed by atoms with Crippen molar-refractivity contribution in [3.8, 4) is 0 Å². The SMILES string of the molecule is Cc1nc(Nc2cccc([C@H]3CCCN3C(=O)CCc3nnc(C(C)C)o3)n2)sc1C. The van der Waals surface area contributed by atoms with E-state index in [4.69, 9.17) is 9.40 Å². The highest BCUT2D eigenvalue weighted by atomic mass is 32.1.